The quantitative estimate of drug-likeness (QED) is 0.593. The lowest BCUT2D eigenvalue weighted by atomic mass is 9.92. The van der Waals surface area contributed by atoms with Crippen molar-refractivity contribution in [2.24, 2.45) is 0 Å². The number of fused-ring (bicyclic) bond motifs is 1. The van der Waals surface area contributed by atoms with Crippen molar-refractivity contribution in [3.63, 3.8) is 0 Å². The maximum atomic E-state index is 13.2. The van der Waals surface area contributed by atoms with Gasteiger partial charge in [-0.2, -0.15) is 0 Å². The van der Waals surface area contributed by atoms with Crippen LogP contribution in [-0.4, -0.2) is 24.6 Å². The van der Waals surface area contributed by atoms with Gasteiger partial charge in [0.15, 0.2) is 0 Å². The first-order chi connectivity index (χ1) is 14.6. The largest absolute Gasteiger partial charge is 0.497 e. The highest BCUT2D eigenvalue weighted by Gasteiger charge is 2.35. The molecular weight excluding hydrogens is 392 g/mol. The lowest BCUT2D eigenvalue weighted by Gasteiger charge is -2.36. The van der Waals surface area contributed by atoms with Gasteiger partial charge in [-0.15, -0.1) is 11.3 Å². The predicted octanol–water partition coefficient (Wildman–Crippen LogP) is 5.48. The van der Waals surface area contributed by atoms with Gasteiger partial charge < -0.3 is 15.0 Å². The van der Waals surface area contributed by atoms with Crippen LogP contribution in [0.3, 0.4) is 0 Å². The zero-order valence-electron chi connectivity index (χ0n) is 17.8. The fourth-order valence-corrected chi connectivity index (χ4v) is 5.76. The Labute approximate surface area is 182 Å². The summed E-state index contributed by atoms with van der Waals surface area (Å²) in [6, 6.07) is 18.1. The Balaban J connectivity index is 1.66. The van der Waals surface area contributed by atoms with E-state index in [0.29, 0.717) is 13.1 Å². The molecule has 0 saturated carbocycles. The minimum atomic E-state index is -0.0700. The molecule has 1 aliphatic heterocycles. The van der Waals surface area contributed by atoms with Crippen LogP contribution < -0.4 is 10.1 Å². The van der Waals surface area contributed by atoms with Crippen molar-refractivity contribution in [3.8, 4) is 5.75 Å². The number of urea groups is 1. The first-order valence-electron chi connectivity index (χ1n) is 10.5. The van der Waals surface area contributed by atoms with E-state index in [0.717, 1.165) is 29.7 Å². The fraction of sp³-hybridized carbons (Fsp3) is 0.320. The first kappa shape index (κ1) is 20.5. The highest BCUT2D eigenvalue weighted by Crippen LogP contribution is 2.43. The number of ether oxygens (including phenoxy) is 1. The molecule has 0 fully saturated rings. The van der Waals surface area contributed by atoms with E-state index in [2.05, 4.69) is 31.3 Å². The molecule has 0 spiro atoms. The van der Waals surface area contributed by atoms with E-state index in [1.165, 1.54) is 20.9 Å². The van der Waals surface area contributed by atoms with Gasteiger partial charge in [0.05, 0.1) is 13.2 Å². The normalized spacial score (nSPS) is 15.6. The van der Waals surface area contributed by atoms with Gasteiger partial charge in [0.25, 0.3) is 0 Å². The van der Waals surface area contributed by atoms with Gasteiger partial charge in [0.1, 0.15) is 5.75 Å². The average molecular weight is 421 g/mol. The van der Waals surface area contributed by atoms with Crippen LogP contribution in [0.1, 0.15) is 45.0 Å². The van der Waals surface area contributed by atoms with Crippen molar-refractivity contribution in [3.05, 3.63) is 86.6 Å². The van der Waals surface area contributed by atoms with Gasteiger partial charge in [0, 0.05) is 22.8 Å². The summed E-state index contributed by atoms with van der Waals surface area (Å²) in [6.45, 7) is 5.67. The minimum Gasteiger partial charge on any atom is -0.497 e. The van der Waals surface area contributed by atoms with Crippen molar-refractivity contribution in [1.82, 2.24) is 10.2 Å². The second kappa shape index (κ2) is 8.92. The van der Waals surface area contributed by atoms with Crippen LogP contribution in [0.25, 0.3) is 0 Å². The molecule has 3 aromatic rings. The molecule has 1 atom stereocenters. The molecule has 1 aromatic heterocycles. The molecule has 4 nitrogen and oxygen atoms in total. The van der Waals surface area contributed by atoms with Crippen molar-refractivity contribution in [2.45, 2.75) is 39.3 Å². The predicted molar refractivity (Wildman–Crippen MR) is 122 cm³/mol. The van der Waals surface area contributed by atoms with Gasteiger partial charge >= 0.3 is 6.03 Å². The monoisotopic (exact) mass is 420 g/mol. The lowest BCUT2D eigenvalue weighted by Crippen LogP contribution is -2.45. The van der Waals surface area contributed by atoms with E-state index in [1.54, 1.807) is 7.11 Å². The summed E-state index contributed by atoms with van der Waals surface area (Å²) in [5, 5.41) is 3.12. The van der Waals surface area contributed by atoms with Crippen molar-refractivity contribution < 1.29 is 9.53 Å². The maximum Gasteiger partial charge on any atom is 0.318 e. The van der Waals surface area contributed by atoms with Crippen molar-refractivity contribution in [2.75, 3.05) is 13.7 Å². The zero-order chi connectivity index (χ0) is 21.1. The Morgan fingerprint density at radius 2 is 1.90 bits per heavy atom. The van der Waals surface area contributed by atoms with Crippen LogP contribution in [0.2, 0.25) is 0 Å². The third-order valence-corrected chi connectivity index (χ3v) is 7.09. The number of carbonyl (C=O) groups is 1. The van der Waals surface area contributed by atoms with Gasteiger partial charge in [-0.1, -0.05) is 49.4 Å². The van der Waals surface area contributed by atoms with Crippen LogP contribution in [0.15, 0.2) is 54.6 Å². The van der Waals surface area contributed by atoms with Crippen LogP contribution in [0, 0.1) is 6.92 Å². The van der Waals surface area contributed by atoms with Gasteiger partial charge in [0.2, 0.25) is 0 Å². The third-order valence-electron chi connectivity index (χ3n) is 5.84. The van der Waals surface area contributed by atoms with E-state index < -0.39 is 0 Å². The zero-order valence-corrected chi connectivity index (χ0v) is 18.6. The van der Waals surface area contributed by atoms with Crippen LogP contribution >= 0.6 is 11.3 Å². The lowest BCUT2D eigenvalue weighted by molar-refractivity contribution is 0.181. The number of nitrogens with one attached hydrogen (secondary N) is 1. The summed E-state index contributed by atoms with van der Waals surface area (Å²) in [5.41, 5.74) is 5.12. The van der Waals surface area contributed by atoms with E-state index >= 15 is 0 Å². The first-order valence-corrected chi connectivity index (χ1v) is 11.3. The van der Waals surface area contributed by atoms with E-state index in [1.807, 2.05) is 58.7 Å². The Bertz CT molecular complexity index is 1010. The minimum absolute atomic E-state index is 0.0191. The number of hydrogen-bond donors (Lipinski definition) is 1. The molecule has 0 aliphatic carbocycles. The van der Waals surface area contributed by atoms with E-state index in [-0.39, 0.29) is 12.1 Å². The van der Waals surface area contributed by atoms with Gasteiger partial charge in [-0.05, 0) is 54.2 Å². The molecule has 5 heteroatoms. The smallest absolute Gasteiger partial charge is 0.318 e. The van der Waals surface area contributed by atoms with Crippen LogP contribution in [-0.2, 0) is 19.4 Å². The van der Waals surface area contributed by atoms with Crippen LogP contribution in [0.5, 0.6) is 5.75 Å². The summed E-state index contributed by atoms with van der Waals surface area (Å²) in [6.07, 6.45) is 1.95. The second-order valence-corrected chi connectivity index (χ2v) is 8.85. The number of thiophene rings is 1. The number of nitrogens with zero attached hydrogens (tertiary/aromatic N) is 1. The highest BCUT2D eigenvalue weighted by molar-refractivity contribution is 7.12. The van der Waals surface area contributed by atoms with E-state index in [4.69, 9.17) is 4.74 Å². The van der Waals surface area contributed by atoms with Crippen molar-refractivity contribution in [1.29, 1.82) is 0 Å². The number of carbonyl (C=O) groups excluding carboxylic acids is 1. The number of hydrogen-bond acceptors (Lipinski definition) is 3. The average Bonchev–Trinajstić information content (AvgIpc) is 3.12. The molecule has 0 bridgehead atoms. The fourth-order valence-electron chi connectivity index (χ4n) is 4.32. The summed E-state index contributed by atoms with van der Waals surface area (Å²) in [7, 11) is 1.67. The Hall–Kier alpha value is -2.79. The molecule has 0 saturated heterocycles. The molecule has 0 radical (unpaired) electrons. The topological polar surface area (TPSA) is 41.6 Å². The molecule has 2 aromatic carbocycles. The molecule has 1 aliphatic rings. The molecule has 156 valence electrons. The summed E-state index contributed by atoms with van der Waals surface area (Å²) < 4.78 is 5.34. The third kappa shape index (κ3) is 3.94. The van der Waals surface area contributed by atoms with Gasteiger partial charge in [-0.25, -0.2) is 4.79 Å². The number of rotatable bonds is 5. The number of methoxy groups -OCH3 is 1. The number of benzene rings is 2. The molecule has 1 N–H and O–H groups in total. The Kier molecular flexibility index (Phi) is 6.09. The number of aryl methyl sites for hydroxylation is 1. The molecule has 0 unspecified atom stereocenters. The van der Waals surface area contributed by atoms with Crippen molar-refractivity contribution >= 4 is 17.4 Å². The molecule has 30 heavy (non-hydrogen) atoms. The number of amides is 2. The molecule has 4 rings (SSSR count). The summed E-state index contributed by atoms with van der Waals surface area (Å²) >= 11 is 1.84. The molecule has 2 amide bonds. The molecular formula is C25H28N2O2S. The second-order valence-electron chi connectivity index (χ2n) is 7.60. The summed E-state index contributed by atoms with van der Waals surface area (Å²) in [5.74, 6) is 0.825. The van der Waals surface area contributed by atoms with Gasteiger partial charge in [-0.3, -0.25) is 0 Å². The Morgan fingerprint density at radius 1 is 1.17 bits per heavy atom. The molecule has 2 heterocycles. The Morgan fingerprint density at radius 3 is 2.57 bits per heavy atom. The highest BCUT2D eigenvalue weighted by atomic mass is 32.1. The summed E-state index contributed by atoms with van der Waals surface area (Å²) in [4.78, 5) is 17.9. The van der Waals surface area contributed by atoms with E-state index in [9.17, 15) is 4.79 Å². The maximum absolute atomic E-state index is 13.2. The standard InChI is InChI=1S/C25H28N2O2S/c1-4-21-17(2)30-24-22(21)14-15-27(23(24)19-10-12-20(29-3)13-11-19)25(28)26-16-18-8-6-5-7-9-18/h5-13,23H,4,14-16H2,1-3H3,(H,26,28)/t23-/m1/s1. The van der Waals surface area contributed by atoms with Crippen LogP contribution in [0.4, 0.5) is 4.79 Å². The SMILES string of the molecule is CCc1c(C)sc2c1CCN(C(=O)NCc1ccccc1)[C@@H]2c1ccc(OC)cc1.